The Morgan fingerprint density at radius 2 is 1.35 bits per heavy atom. The van der Waals surface area contributed by atoms with Crippen molar-refractivity contribution in [1.29, 1.82) is 0 Å². The molecule has 4 nitrogen and oxygen atoms in total. The van der Waals surface area contributed by atoms with Crippen molar-refractivity contribution in [3.05, 3.63) is 54.6 Å². The Kier molecular flexibility index (Phi) is 2.91. The lowest BCUT2D eigenvalue weighted by Gasteiger charge is -2.10. The number of methoxy groups -OCH3 is 1. The van der Waals surface area contributed by atoms with Crippen LogP contribution in [-0.4, -0.2) is 7.11 Å². The molecule has 4 N–H and O–H groups in total. The SMILES string of the molecule is COc1cc(-c2ccc(N)cc2)c(-c2ccc(N)cc2)c2c1O2. The van der Waals surface area contributed by atoms with Crippen molar-refractivity contribution < 1.29 is 9.47 Å². The molecule has 4 heteroatoms. The summed E-state index contributed by atoms with van der Waals surface area (Å²) in [5.41, 5.74) is 17.3. The Bertz CT molecular complexity index is 885. The third-order valence-electron chi connectivity index (χ3n) is 4.01. The average Bonchev–Trinajstić information content (AvgIpc) is 3.35. The smallest absolute Gasteiger partial charge is 0.212 e. The minimum absolute atomic E-state index is 0.734. The zero-order valence-electron chi connectivity index (χ0n) is 12.7. The molecule has 0 radical (unpaired) electrons. The second-order valence-corrected chi connectivity index (χ2v) is 5.51. The third kappa shape index (κ3) is 2.25. The zero-order chi connectivity index (χ0) is 16.0. The monoisotopic (exact) mass is 304 g/mol. The summed E-state index contributed by atoms with van der Waals surface area (Å²) in [5.74, 6) is 2.41. The first-order valence-corrected chi connectivity index (χ1v) is 7.32. The molecule has 3 aromatic rings. The van der Waals surface area contributed by atoms with Crippen LogP contribution in [-0.2, 0) is 0 Å². The maximum Gasteiger partial charge on any atom is 0.212 e. The highest BCUT2D eigenvalue weighted by Crippen LogP contribution is 2.61. The van der Waals surface area contributed by atoms with E-state index < -0.39 is 0 Å². The van der Waals surface area contributed by atoms with Gasteiger partial charge in [0.15, 0.2) is 11.5 Å². The molecule has 1 aliphatic heterocycles. The van der Waals surface area contributed by atoms with Gasteiger partial charge in [0.2, 0.25) is 5.75 Å². The number of nitrogens with two attached hydrogens (primary N) is 2. The Morgan fingerprint density at radius 1 is 0.783 bits per heavy atom. The van der Waals surface area contributed by atoms with Gasteiger partial charge in [-0.15, -0.1) is 0 Å². The lowest BCUT2D eigenvalue weighted by molar-refractivity contribution is 0.408. The van der Waals surface area contributed by atoms with Gasteiger partial charge in [0.1, 0.15) is 0 Å². The molecule has 0 spiro atoms. The van der Waals surface area contributed by atoms with Gasteiger partial charge in [-0.2, -0.15) is 0 Å². The van der Waals surface area contributed by atoms with Gasteiger partial charge >= 0.3 is 0 Å². The van der Waals surface area contributed by atoms with E-state index in [2.05, 4.69) is 0 Å². The van der Waals surface area contributed by atoms with E-state index in [0.29, 0.717) is 0 Å². The molecule has 114 valence electrons. The number of ether oxygens (including phenoxy) is 2. The summed E-state index contributed by atoms with van der Waals surface area (Å²) in [4.78, 5) is 0. The minimum Gasteiger partial charge on any atom is -0.493 e. The molecular weight excluding hydrogens is 288 g/mol. The molecule has 0 aromatic heterocycles. The highest BCUT2D eigenvalue weighted by Gasteiger charge is 2.33. The second kappa shape index (κ2) is 4.95. The normalized spacial score (nSPS) is 11.5. The predicted octanol–water partition coefficient (Wildman–Crippen LogP) is 4.30. The molecule has 1 heterocycles. The van der Waals surface area contributed by atoms with Gasteiger partial charge in [0.25, 0.3) is 0 Å². The van der Waals surface area contributed by atoms with Gasteiger partial charge in [-0.05, 0) is 47.0 Å². The van der Waals surface area contributed by atoms with Crippen LogP contribution in [0.15, 0.2) is 54.6 Å². The van der Waals surface area contributed by atoms with Gasteiger partial charge < -0.3 is 20.9 Å². The Balaban J connectivity index is 1.95. The van der Waals surface area contributed by atoms with E-state index in [1.165, 1.54) is 0 Å². The Hall–Kier alpha value is -3.14. The standard InChI is InChI=1S/C19H16N2O2/c1-22-16-10-15(11-2-6-13(20)7-3-11)17(19-18(16)23-19)12-4-8-14(21)9-5-12/h2-10H,20-21H2,1H3. The van der Waals surface area contributed by atoms with Crippen molar-refractivity contribution in [1.82, 2.24) is 0 Å². The van der Waals surface area contributed by atoms with Crippen LogP contribution >= 0.6 is 0 Å². The number of anilines is 2. The van der Waals surface area contributed by atoms with E-state index in [9.17, 15) is 0 Å². The summed E-state index contributed by atoms with van der Waals surface area (Å²) in [5, 5.41) is 0. The largest absolute Gasteiger partial charge is 0.493 e. The van der Waals surface area contributed by atoms with Gasteiger partial charge in [-0.25, -0.2) is 0 Å². The van der Waals surface area contributed by atoms with Crippen LogP contribution in [0.4, 0.5) is 11.4 Å². The summed E-state index contributed by atoms with van der Waals surface area (Å²) in [6.45, 7) is 0. The quantitative estimate of drug-likeness (QED) is 0.437. The van der Waals surface area contributed by atoms with E-state index in [0.717, 1.165) is 50.9 Å². The van der Waals surface area contributed by atoms with Crippen LogP contribution in [0.2, 0.25) is 0 Å². The highest BCUT2D eigenvalue weighted by atomic mass is 16.6. The fourth-order valence-corrected chi connectivity index (χ4v) is 2.77. The molecule has 4 rings (SSSR count). The molecule has 0 saturated carbocycles. The van der Waals surface area contributed by atoms with E-state index in [1.54, 1.807) is 7.11 Å². The number of benzene rings is 3. The van der Waals surface area contributed by atoms with Gasteiger partial charge in [0, 0.05) is 16.9 Å². The molecule has 0 fully saturated rings. The summed E-state index contributed by atoms with van der Waals surface area (Å²) in [7, 11) is 1.65. The zero-order valence-corrected chi connectivity index (χ0v) is 12.7. The first-order valence-electron chi connectivity index (χ1n) is 7.32. The van der Waals surface area contributed by atoms with Crippen molar-refractivity contribution in [2.45, 2.75) is 0 Å². The summed E-state index contributed by atoms with van der Waals surface area (Å²) in [6.07, 6.45) is 0. The maximum absolute atomic E-state index is 5.80. The van der Waals surface area contributed by atoms with Crippen molar-refractivity contribution >= 4 is 11.4 Å². The van der Waals surface area contributed by atoms with Gasteiger partial charge in [-0.1, -0.05) is 24.3 Å². The van der Waals surface area contributed by atoms with Crippen LogP contribution in [0.1, 0.15) is 0 Å². The number of fused-ring (bicyclic) bond motifs is 1. The molecule has 0 unspecified atom stereocenters. The maximum atomic E-state index is 5.80. The fraction of sp³-hybridized carbons (Fsp3) is 0.0526. The fourth-order valence-electron chi connectivity index (χ4n) is 2.77. The van der Waals surface area contributed by atoms with Crippen LogP contribution in [0.25, 0.3) is 22.3 Å². The third-order valence-corrected chi connectivity index (χ3v) is 4.01. The summed E-state index contributed by atoms with van der Waals surface area (Å²) in [6, 6.07) is 17.6. The number of nitrogen functional groups attached to an aromatic ring is 2. The Labute approximate surface area is 134 Å². The molecule has 0 atom stereocenters. The molecular formula is C19H16N2O2. The second-order valence-electron chi connectivity index (χ2n) is 5.51. The first kappa shape index (κ1) is 13.5. The van der Waals surface area contributed by atoms with Crippen LogP contribution in [0, 0.1) is 0 Å². The molecule has 23 heavy (non-hydrogen) atoms. The van der Waals surface area contributed by atoms with Crippen molar-refractivity contribution in [3.8, 4) is 39.5 Å². The van der Waals surface area contributed by atoms with Gasteiger partial charge in [-0.3, -0.25) is 0 Å². The number of hydrogen-bond donors (Lipinski definition) is 2. The molecule has 1 aliphatic rings. The molecule has 3 aromatic carbocycles. The lowest BCUT2D eigenvalue weighted by atomic mass is 9.94. The predicted molar refractivity (Wildman–Crippen MR) is 92.8 cm³/mol. The minimum atomic E-state index is 0.734. The van der Waals surface area contributed by atoms with Crippen molar-refractivity contribution in [2.75, 3.05) is 18.6 Å². The number of hydrogen-bond acceptors (Lipinski definition) is 4. The van der Waals surface area contributed by atoms with E-state index >= 15 is 0 Å². The topological polar surface area (TPSA) is 73.8 Å². The first-order chi connectivity index (χ1) is 11.2. The Morgan fingerprint density at radius 3 is 1.91 bits per heavy atom. The van der Waals surface area contributed by atoms with Crippen LogP contribution in [0.3, 0.4) is 0 Å². The lowest BCUT2D eigenvalue weighted by Crippen LogP contribution is -1.88. The molecule has 0 amide bonds. The van der Waals surface area contributed by atoms with Crippen LogP contribution in [0.5, 0.6) is 17.2 Å². The van der Waals surface area contributed by atoms with E-state index in [1.807, 2.05) is 54.6 Å². The molecule has 0 aliphatic carbocycles. The van der Waals surface area contributed by atoms with E-state index in [4.69, 9.17) is 20.9 Å². The average molecular weight is 304 g/mol. The molecule has 0 bridgehead atoms. The number of rotatable bonds is 3. The molecule has 0 saturated heterocycles. The summed E-state index contributed by atoms with van der Waals surface area (Å²) >= 11 is 0. The highest BCUT2D eigenvalue weighted by molar-refractivity contribution is 5.95. The van der Waals surface area contributed by atoms with E-state index in [-0.39, 0.29) is 0 Å². The van der Waals surface area contributed by atoms with Crippen molar-refractivity contribution in [2.24, 2.45) is 0 Å². The summed E-state index contributed by atoms with van der Waals surface area (Å²) < 4.78 is 11.1. The van der Waals surface area contributed by atoms with Crippen molar-refractivity contribution in [3.63, 3.8) is 0 Å². The van der Waals surface area contributed by atoms with Crippen LogP contribution < -0.4 is 20.9 Å². The van der Waals surface area contributed by atoms with Gasteiger partial charge in [0.05, 0.1) is 7.11 Å².